The molecule has 0 radical (unpaired) electrons. The molecule has 5 nitrogen and oxygen atoms in total. The molecule has 2 aliphatic rings. The molecule has 0 bridgehead atoms. The van der Waals surface area contributed by atoms with Crippen molar-refractivity contribution in [3.8, 4) is 62.2 Å². The Balaban J connectivity index is 1.07. The van der Waals surface area contributed by atoms with Crippen LogP contribution in [-0.4, -0.2) is 21.1 Å². The van der Waals surface area contributed by atoms with Gasteiger partial charge in [0.1, 0.15) is 23.0 Å². The maximum absolute atomic E-state index is 6.48. The predicted octanol–water partition coefficient (Wildman–Crippen LogP) is 12.2. The van der Waals surface area contributed by atoms with Crippen molar-refractivity contribution < 1.29 is 9.15 Å². The molecule has 5 heteroatoms. The first-order valence-corrected chi connectivity index (χ1v) is 18.2. The van der Waals surface area contributed by atoms with Crippen LogP contribution in [0.2, 0.25) is 0 Å². The zero-order valence-corrected chi connectivity index (χ0v) is 29.1. The molecular formula is C49H31N3O2. The summed E-state index contributed by atoms with van der Waals surface area (Å²) in [6.45, 7) is 0. The third-order valence-corrected chi connectivity index (χ3v) is 10.7. The average molecular weight is 694 g/mol. The molecule has 54 heavy (non-hydrogen) atoms. The van der Waals surface area contributed by atoms with Crippen LogP contribution in [0.15, 0.2) is 180 Å². The number of ether oxygens (including phenoxy) is 1. The minimum Gasteiger partial charge on any atom is -0.485 e. The summed E-state index contributed by atoms with van der Waals surface area (Å²) < 4.78 is 12.7. The van der Waals surface area contributed by atoms with Gasteiger partial charge in [0.15, 0.2) is 17.5 Å². The number of nitrogens with zero attached hydrogens (tertiary/aromatic N) is 3. The normalized spacial score (nSPS) is 15.8. The quantitative estimate of drug-likeness (QED) is 0.180. The number of hydrogen-bond acceptors (Lipinski definition) is 5. The van der Waals surface area contributed by atoms with Crippen LogP contribution < -0.4 is 4.74 Å². The van der Waals surface area contributed by atoms with Crippen molar-refractivity contribution in [1.29, 1.82) is 0 Å². The van der Waals surface area contributed by atoms with Gasteiger partial charge in [-0.25, -0.2) is 15.0 Å². The number of fused-ring (bicyclic) bond motifs is 7. The molecule has 9 aromatic rings. The van der Waals surface area contributed by atoms with Crippen molar-refractivity contribution in [2.24, 2.45) is 0 Å². The van der Waals surface area contributed by atoms with E-state index >= 15 is 0 Å². The summed E-state index contributed by atoms with van der Waals surface area (Å²) in [5.41, 5.74) is 10.1. The first kappa shape index (κ1) is 30.5. The van der Waals surface area contributed by atoms with E-state index in [1.165, 1.54) is 10.9 Å². The summed E-state index contributed by atoms with van der Waals surface area (Å²) in [6.07, 6.45) is 8.58. The minimum atomic E-state index is 0.0506. The van der Waals surface area contributed by atoms with Gasteiger partial charge in [0.2, 0.25) is 0 Å². The van der Waals surface area contributed by atoms with Gasteiger partial charge < -0.3 is 9.15 Å². The molecule has 1 aliphatic carbocycles. The molecule has 0 amide bonds. The number of rotatable bonds is 5. The second-order valence-corrected chi connectivity index (χ2v) is 13.9. The third-order valence-electron chi connectivity index (χ3n) is 10.7. The fourth-order valence-electron chi connectivity index (χ4n) is 7.94. The second kappa shape index (κ2) is 12.2. The van der Waals surface area contributed by atoms with Crippen LogP contribution in [0.4, 0.5) is 0 Å². The minimum absolute atomic E-state index is 0.0506. The van der Waals surface area contributed by atoms with Crippen molar-refractivity contribution in [3.05, 3.63) is 182 Å². The van der Waals surface area contributed by atoms with E-state index < -0.39 is 0 Å². The van der Waals surface area contributed by atoms with Gasteiger partial charge in [0.25, 0.3) is 0 Å². The maximum atomic E-state index is 6.48. The molecule has 0 N–H and O–H groups in total. The van der Waals surface area contributed by atoms with Crippen LogP contribution >= 0.6 is 0 Å². The number of hydrogen-bond donors (Lipinski definition) is 0. The Hall–Kier alpha value is -7.11. The number of aromatic nitrogens is 3. The molecule has 3 heterocycles. The van der Waals surface area contributed by atoms with E-state index in [2.05, 4.69) is 158 Å². The van der Waals surface area contributed by atoms with Gasteiger partial charge >= 0.3 is 0 Å². The molecule has 0 saturated heterocycles. The molecule has 0 spiro atoms. The van der Waals surface area contributed by atoms with Gasteiger partial charge in [0.05, 0.1) is 0 Å². The van der Waals surface area contributed by atoms with Gasteiger partial charge in [-0.1, -0.05) is 133 Å². The van der Waals surface area contributed by atoms with Crippen molar-refractivity contribution in [2.45, 2.75) is 12.0 Å². The highest BCUT2D eigenvalue weighted by Gasteiger charge is 2.32. The Kier molecular flexibility index (Phi) is 6.92. The zero-order valence-electron chi connectivity index (χ0n) is 29.1. The van der Waals surface area contributed by atoms with Crippen molar-refractivity contribution in [2.75, 3.05) is 0 Å². The summed E-state index contributed by atoms with van der Waals surface area (Å²) in [4.78, 5) is 15.4. The molecule has 2 unspecified atom stereocenters. The Labute approximate surface area is 311 Å². The lowest BCUT2D eigenvalue weighted by Crippen LogP contribution is -2.15. The van der Waals surface area contributed by atoms with Crippen LogP contribution in [0.1, 0.15) is 11.5 Å². The monoisotopic (exact) mass is 693 g/mol. The van der Waals surface area contributed by atoms with E-state index in [4.69, 9.17) is 24.1 Å². The Morgan fingerprint density at radius 1 is 0.444 bits per heavy atom. The Morgan fingerprint density at radius 3 is 2.02 bits per heavy atom. The molecule has 11 rings (SSSR count). The fourth-order valence-corrected chi connectivity index (χ4v) is 7.94. The van der Waals surface area contributed by atoms with E-state index in [9.17, 15) is 0 Å². The number of benzene rings is 7. The first-order chi connectivity index (χ1) is 26.7. The predicted molar refractivity (Wildman–Crippen MR) is 217 cm³/mol. The SMILES string of the molecule is C1=CC2Oc3ccc(-c4ccc5oc6cccc(-c7nc(-c8ccc(-c9ccccc9)cc8)nc(-c8ccc9ccccc9c8)n7)c6c5c4)cc3C2C=C1. The van der Waals surface area contributed by atoms with E-state index in [1.807, 2.05) is 18.2 Å². The zero-order chi connectivity index (χ0) is 35.6. The topological polar surface area (TPSA) is 61.0 Å². The van der Waals surface area contributed by atoms with Crippen LogP contribution in [0.25, 0.3) is 89.1 Å². The van der Waals surface area contributed by atoms with Crippen molar-refractivity contribution in [1.82, 2.24) is 15.0 Å². The van der Waals surface area contributed by atoms with Gasteiger partial charge in [-0.05, 0) is 75.5 Å². The third kappa shape index (κ3) is 5.13. The van der Waals surface area contributed by atoms with Gasteiger partial charge in [-0.3, -0.25) is 0 Å². The summed E-state index contributed by atoms with van der Waals surface area (Å²) in [5.74, 6) is 2.98. The lowest BCUT2D eigenvalue weighted by molar-refractivity contribution is 0.269. The molecule has 0 fully saturated rings. The van der Waals surface area contributed by atoms with E-state index in [1.54, 1.807) is 0 Å². The van der Waals surface area contributed by atoms with E-state index in [0.717, 1.165) is 72.0 Å². The highest BCUT2D eigenvalue weighted by molar-refractivity contribution is 6.12. The van der Waals surface area contributed by atoms with Crippen LogP contribution in [0, 0.1) is 0 Å². The number of furan rings is 1. The van der Waals surface area contributed by atoms with Gasteiger partial charge in [-0.15, -0.1) is 0 Å². The molecule has 0 saturated carbocycles. The highest BCUT2D eigenvalue weighted by Crippen LogP contribution is 2.44. The summed E-state index contributed by atoms with van der Waals surface area (Å²) >= 11 is 0. The molecule has 254 valence electrons. The molecule has 7 aromatic carbocycles. The average Bonchev–Trinajstić information content (AvgIpc) is 3.81. The van der Waals surface area contributed by atoms with Crippen LogP contribution in [-0.2, 0) is 0 Å². The van der Waals surface area contributed by atoms with E-state index in [0.29, 0.717) is 17.5 Å². The Bertz CT molecular complexity index is 2980. The summed E-state index contributed by atoms with van der Waals surface area (Å²) in [6, 6.07) is 52.6. The molecular weight excluding hydrogens is 663 g/mol. The second-order valence-electron chi connectivity index (χ2n) is 13.9. The van der Waals surface area contributed by atoms with Crippen LogP contribution in [0.5, 0.6) is 5.75 Å². The smallest absolute Gasteiger partial charge is 0.164 e. The van der Waals surface area contributed by atoms with E-state index in [-0.39, 0.29) is 12.0 Å². The van der Waals surface area contributed by atoms with Gasteiger partial charge in [-0.2, -0.15) is 0 Å². The summed E-state index contributed by atoms with van der Waals surface area (Å²) in [5, 5.41) is 4.28. The van der Waals surface area contributed by atoms with Crippen molar-refractivity contribution >= 4 is 32.7 Å². The molecule has 2 aromatic heterocycles. The largest absolute Gasteiger partial charge is 0.485 e. The summed E-state index contributed by atoms with van der Waals surface area (Å²) in [7, 11) is 0. The fraction of sp³-hybridized carbons (Fsp3) is 0.0408. The standard InChI is InChI=1S/C49H31N3O2/c1-2-9-30(10-3-1)32-17-20-33(21-18-32)47-50-48(37-22-19-31-11-4-5-12-34(31)27-37)52-49(51-47)39-14-8-16-45-46(39)41-29-36(24-26-44(41)54-45)35-23-25-43-40(28-35)38-13-6-7-15-42(38)53-43/h1-29,38,42H. The first-order valence-electron chi connectivity index (χ1n) is 18.2. The Morgan fingerprint density at radius 2 is 1.13 bits per heavy atom. The van der Waals surface area contributed by atoms with Crippen molar-refractivity contribution in [3.63, 3.8) is 0 Å². The molecule has 1 aliphatic heterocycles. The van der Waals surface area contributed by atoms with Gasteiger partial charge in [0, 0.05) is 38.9 Å². The highest BCUT2D eigenvalue weighted by atomic mass is 16.5. The lowest BCUT2D eigenvalue weighted by Gasteiger charge is -2.14. The van der Waals surface area contributed by atoms with Crippen LogP contribution in [0.3, 0.4) is 0 Å². The lowest BCUT2D eigenvalue weighted by atomic mass is 9.90. The number of allylic oxidation sites excluding steroid dienone is 2. The molecule has 2 atom stereocenters. The maximum Gasteiger partial charge on any atom is 0.164 e.